The second-order valence-electron chi connectivity index (χ2n) is 5.85. The lowest BCUT2D eigenvalue weighted by atomic mass is 10.2. The molecule has 0 atom stereocenters. The third-order valence-corrected chi connectivity index (χ3v) is 3.94. The van der Waals surface area contributed by atoms with Crippen LogP contribution in [0.15, 0.2) is 48.8 Å². The number of pyridine rings is 1. The van der Waals surface area contributed by atoms with Crippen LogP contribution in [0.5, 0.6) is 0 Å². The van der Waals surface area contributed by atoms with Gasteiger partial charge in [-0.1, -0.05) is 23.7 Å². The summed E-state index contributed by atoms with van der Waals surface area (Å²) in [5, 5.41) is 6.57. The second-order valence-corrected chi connectivity index (χ2v) is 6.28. The summed E-state index contributed by atoms with van der Waals surface area (Å²) in [5.74, 6) is 0.0760. The summed E-state index contributed by atoms with van der Waals surface area (Å²) in [4.78, 5) is 25.1. The van der Waals surface area contributed by atoms with Crippen molar-refractivity contribution in [2.24, 2.45) is 0 Å². The molecule has 2 aromatic heterocycles. The lowest BCUT2D eigenvalue weighted by molar-refractivity contribution is 0.0945. The van der Waals surface area contributed by atoms with E-state index < -0.39 is 0 Å². The van der Waals surface area contributed by atoms with Crippen molar-refractivity contribution < 1.29 is 4.79 Å². The van der Waals surface area contributed by atoms with E-state index in [1.807, 2.05) is 38.1 Å². The van der Waals surface area contributed by atoms with Crippen molar-refractivity contribution in [3.63, 3.8) is 0 Å². The first kappa shape index (κ1) is 17.8. The molecule has 0 unspecified atom stereocenters. The van der Waals surface area contributed by atoms with Crippen molar-refractivity contribution in [1.82, 2.24) is 20.3 Å². The zero-order valence-electron chi connectivity index (χ0n) is 14.5. The molecular formula is C19H18ClN5O. The summed E-state index contributed by atoms with van der Waals surface area (Å²) >= 11 is 6.05. The van der Waals surface area contributed by atoms with Crippen molar-refractivity contribution in [2.75, 3.05) is 5.32 Å². The van der Waals surface area contributed by atoms with Crippen molar-refractivity contribution in [2.45, 2.75) is 20.4 Å². The standard InChI is InChI=1S/C19H18ClN5O/c1-12-5-6-15(20)9-16(12)24-19-23-13(2)8-17(25-19)18(26)22-11-14-4-3-7-21-10-14/h3-10H,11H2,1-2H3,(H,22,26)(H,23,24,25). The summed E-state index contributed by atoms with van der Waals surface area (Å²) in [5.41, 5.74) is 3.70. The predicted molar refractivity (Wildman–Crippen MR) is 102 cm³/mol. The molecule has 2 heterocycles. The van der Waals surface area contributed by atoms with Crippen molar-refractivity contribution in [1.29, 1.82) is 0 Å². The lowest BCUT2D eigenvalue weighted by Gasteiger charge is -2.11. The molecule has 0 fully saturated rings. The van der Waals surface area contributed by atoms with E-state index in [2.05, 4.69) is 25.6 Å². The van der Waals surface area contributed by atoms with Gasteiger partial charge in [0.2, 0.25) is 5.95 Å². The van der Waals surface area contributed by atoms with Gasteiger partial charge in [0.1, 0.15) is 5.69 Å². The normalized spacial score (nSPS) is 10.4. The summed E-state index contributed by atoms with van der Waals surface area (Å²) in [7, 11) is 0. The predicted octanol–water partition coefficient (Wildman–Crippen LogP) is 3.82. The molecule has 132 valence electrons. The molecule has 0 aliphatic carbocycles. The van der Waals surface area contributed by atoms with Crippen molar-refractivity contribution in [3.05, 3.63) is 76.3 Å². The molecule has 3 aromatic rings. The lowest BCUT2D eigenvalue weighted by Crippen LogP contribution is -2.24. The van der Waals surface area contributed by atoms with Gasteiger partial charge in [0.25, 0.3) is 5.91 Å². The Labute approximate surface area is 156 Å². The van der Waals surface area contributed by atoms with E-state index in [4.69, 9.17) is 11.6 Å². The van der Waals surface area contributed by atoms with Crippen LogP contribution in [0, 0.1) is 13.8 Å². The summed E-state index contributed by atoms with van der Waals surface area (Å²) < 4.78 is 0. The highest BCUT2D eigenvalue weighted by Crippen LogP contribution is 2.22. The fourth-order valence-electron chi connectivity index (χ4n) is 2.37. The monoisotopic (exact) mass is 367 g/mol. The first-order valence-electron chi connectivity index (χ1n) is 8.07. The Hall–Kier alpha value is -2.99. The van der Waals surface area contributed by atoms with Crippen molar-refractivity contribution in [3.8, 4) is 0 Å². The zero-order chi connectivity index (χ0) is 18.5. The van der Waals surface area contributed by atoms with Crippen LogP contribution in [0.3, 0.4) is 0 Å². The molecule has 3 rings (SSSR count). The topological polar surface area (TPSA) is 79.8 Å². The Morgan fingerprint density at radius 2 is 2.00 bits per heavy atom. The number of carbonyl (C=O) groups excluding carboxylic acids is 1. The molecule has 1 aromatic carbocycles. The highest BCUT2D eigenvalue weighted by Gasteiger charge is 2.11. The van der Waals surface area contributed by atoms with E-state index in [1.54, 1.807) is 24.5 Å². The minimum atomic E-state index is -0.273. The fraction of sp³-hybridized carbons (Fsp3) is 0.158. The average Bonchev–Trinajstić information content (AvgIpc) is 2.63. The molecule has 26 heavy (non-hydrogen) atoms. The van der Waals surface area contributed by atoms with Crippen LogP contribution < -0.4 is 10.6 Å². The van der Waals surface area contributed by atoms with Crippen LogP contribution in [-0.2, 0) is 6.54 Å². The number of halogens is 1. The van der Waals surface area contributed by atoms with Gasteiger partial charge in [-0.15, -0.1) is 0 Å². The molecule has 7 heteroatoms. The van der Waals surface area contributed by atoms with E-state index in [0.717, 1.165) is 16.8 Å². The van der Waals surface area contributed by atoms with Crippen LogP contribution in [-0.4, -0.2) is 20.9 Å². The van der Waals surface area contributed by atoms with E-state index >= 15 is 0 Å². The molecule has 0 saturated carbocycles. The van der Waals surface area contributed by atoms with E-state index in [-0.39, 0.29) is 5.91 Å². The van der Waals surface area contributed by atoms with Crippen molar-refractivity contribution >= 4 is 29.1 Å². The Balaban J connectivity index is 1.76. The summed E-state index contributed by atoms with van der Waals surface area (Å²) in [6, 6.07) is 10.9. The number of hydrogen-bond acceptors (Lipinski definition) is 5. The number of anilines is 2. The van der Waals surface area contributed by atoms with Crippen LogP contribution >= 0.6 is 11.6 Å². The molecule has 0 saturated heterocycles. The Morgan fingerprint density at radius 3 is 2.77 bits per heavy atom. The van der Waals surface area contributed by atoms with Crippen LogP contribution in [0.25, 0.3) is 0 Å². The number of aromatic nitrogens is 3. The second kappa shape index (κ2) is 7.93. The third-order valence-electron chi connectivity index (χ3n) is 3.71. The van der Waals surface area contributed by atoms with Gasteiger partial charge in [0.15, 0.2) is 0 Å². The van der Waals surface area contributed by atoms with E-state index in [0.29, 0.717) is 28.9 Å². The molecule has 0 aliphatic rings. The van der Waals surface area contributed by atoms with Gasteiger partial charge in [-0.25, -0.2) is 9.97 Å². The van der Waals surface area contributed by atoms with Gasteiger partial charge in [-0.05, 0) is 49.2 Å². The first-order valence-corrected chi connectivity index (χ1v) is 8.45. The highest BCUT2D eigenvalue weighted by molar-refractivity contribution is 6.30. The van der Waals surface area contributed by atoms with E-state index in [9.17, 15) is 4.79 Å². The molecule has 0 bridgehead atoms. The summed E-state index contributed by atoms with van der Waals surface area (Å²) in [6.07, 6.45) is 3.40. The Bertz CT molecular complexity index is 930. The quantitative estimate of drug-likeness (QED) is 0.716. The molecule has 6 nitrogen and oxygen atoms in total. The van der Waals surface area contributed by atoms with Crippen LogP contribution in [0.4, 0.5) is 11.6 Å². The SMILES string of the molecule is Cc1cc(C(=O)NCc2cccnc2)nc(Nc2cc(Cl)ccc2C)n1. The zero-order valence-corrected chi connectivity index (χ0v) is 15.2. The largest absolute Gasteiger partial charge is 0.347 e. The molecule has 1 amide bonds. The van der Waals surface area contributed by atoms with Gasteiger partial charge in [0.05, 0.1) is 0 Å². The number of aryl methyl sites for hydroxylation is 2. The molecular weight excluding hydrogens is 350 g/mol. The number of carbonyl (C=O) groups is 1. The molecule has 0 spiro atoms. The maximum absolute atomic E-state index is 12.4. The number of amides is 1. The minimum Gasteiger partial charge on any atom is -0.347 e. The van der Waals surface area contributed by atoms with E-state index in [1.165, 1.54) is 0 Å². The van der Waals surface area contributed by atoms with Crippen LogP contribution in [0.2, 0.25) is 5.02 Å². The number of benzene rings is 1. The third kappa shape index (κ3) is 4.55. The fourth-order valence-corrected chi connectivity index (χ4v) is 2.54. The van der Waals surface area contributed by atoms with Gasteiger partial charge in [-0.3, -0.25) is 9.78 Å². The smallest absolute Gasteiger partial charge is 0.270 e. The number of rotatable bonds is 5. The number of nitrogens with zero attached hydrogens (tertiary/aromatic N) is 3. The Kier molecular flexibility index (Phi) is 5.43. The van der Waals surface area contributed by atoms with Gasteiger partial charge in [0, 0.05) is 35.3 Å². The maximum Gasteiger partial charge on any atom is 0.270 e. The number of hydrogen-bond donors (Lipinski definition) is 2. The van der Waals surface area contributed by atoms with Gasteiger partial charge in [-0.2, -0.15) is 0 Å². The Morgan fingerprint density at radius 1 is 1.15 bits per heavy atom. The molecule has 0 radical (unpaired) electrons. The van der Waals surface area contributed by atoms with Gasteiger partial charge < -0.3 is 10.6 Å². The van der Waals surface area contributed by atoms with Crippen LogP contribution in [0.1, 0.15) is 27.3 Å². The molecule has 2 N–H and O–H groups in total. The highest BCUT2D eigenvalue weighted by atomic mass is 35.5. The van der Waals surface area contributed by atoms with Gasteiger partial charge >= 0.3 is 0 Å². The first-order chi connectivity index (χ1) is 12.5. The maximum atomic E-state index is 12.4. The number of nitrogens with one attached hydrogen (secondary N) is 2. The average molecular weight is 368 g/mol. The molecule has 0 aliphatic heterocycles. The minimum absolute atomic E-state index is 0.273. The summed E-state index contributed by atoms with van der Waals surface area (Å²) in [6.45, 7) is 4.15.